The van der Waals surface area contributed by atoms with E-state index in [2.05, 4.69) is 10.00 Å². The number of carbonyl (C=O) groups excluding carboxylic acids is 2. The topological polar surface area (TPSA) is 73.2 Å². The number of esters is 1. The molecule has 2 fully saturated rings. The molecule has 3 aliphatic carbocycles. The van der Waals surface area contributed by atoms with Gasteiger partial charge in [-0.25, -0.2) is 0 Å². The van der Waals surface area contributed by atoms with Crippen LogP contribution in [0.1, 0.15) is 105 Å². The maximum atomic E-state index is 13.3. The lowest BCUT2D eigenvalue weighted by Gasteiger charge is -2.30. The molecule has 2 atom stereocenters. The highest BCUT2D eigenvalue weighted by molar-refractivity contribution is 5.94. The van der Waals surface area contributed by atoms with Crippen LogP contribution in [0.3, 0.4) is 0 Å². The van der Waals surface area contributed by atoms with Gasteiger partial charge in [0.1, 0.15) is 0 Å². The molecular weight excluding hydrogens is 366 g/mol. The zero-order chi connectivity index (χ0) is 20.2. The van der Waals surface area contributed by atoms with Crippen LogP contribution >= 0.6 is 0 Å². The monoisotopic (exact) mass is 401 g/mol. The van der Waals surface area contributed by atoms with Crippen LogP contribution in [0.2, 0.25) is 0 Å². The Labute approximate surface area is 173 Å². The number of hydrogen-bond donors (Lipinski definition) is 1. The first-order valence-electron chi connectivity index (χ1n) is 11.8. The lowest BCUT2D eigenvalue weighted by atomic mass is 9.84. The molecule has 0 unspecified atom stereocenters. The molecule has 4 rings (SSSR count). The average Bonchev–Trinajstić information content (AvgIpc) is 3.15. The second kappa shape index (κ2) is 9.31. The Hall–Kier alpha value is -1.85. The van der Waals surface area contributed by atoms with Gasteiger partial charge in [-0.3, -0.25) is 14.3 Å². The van der Waals surface area contributed by atoms with E-state index < -0.39 is 0 Å². The summed E-state index contributed by atoms with van der Waals surface area (Å²) >= 11 is 0. The molecule has 6 nitrogen and oxygen atoms in total. The standard InChI is InChI=1S/C23H35N3O3/c1-2-29-23(28)17-12-6-8-14-19(17)24-22(27)21-18-13-7-9-15-20(18)26(25-21)16-10-4-3-5-11-16/h16-17,19H,2-15H2,1H3,(H,24,27)/t17-,19+/m1/s1. The van der Waals surface area contributed by atoms with Crippen LogP contribution in [0, 0.1) is 5.92 Å². The summed E-state index contributed by atoms with van der Waals surface area (Å²) in [5.74, 6) is -0.505. The van der Waals surface area contributed by atoms with E-state index in [1.165, 1.54) is 44.2 Å². The molecule has 1 amide bonds. The molecule has 0 saturated heterocycles. The zero-order valence-electron chi connectivity index (χ0n) is 17.8. The fourth-order valence-electron chi connectivity index (χ4n) is 5.51. The number of fused-ring (bicyclic) bond motifs is 1. The Bertz CT molecular complexity index is 736. The van der Waals surface area contributed by atoms with Gasteiger partial charge < -0.3 is 10.1 Å². The van der Waals surface area contributed by atoms with Gasteiger partial charge in [0.2, 0.25) is 0 Å². The van der Waals surface area contributed by atoms with Gasteiger partial charge in [-0.15, -0.1) is 0 Å². The first-order valence-corrected chi connectivity index (χ1v) is 11.8. The summed E-state index contributed by atoms with van der Waals surface area (Å²) in [6.45, 7) is 2.22. The summed E-state index contributed by atoms with van der Waals surface area (Å²) in [5.41, 5.74) is 3.06. The van der Waals surface area contributed by atoms with E-state index in [4.69, 9.17) is 9.84 Å². The Morgan fingerprint density at radius 3 is 2.52 bits per heavy atom. The van der Waals surface area contributed by atoms with Crippen molar-refractivity contribution in [3.8, 4) is 0 Å². The Kier molecular flexibility index (Phi) is 6.56. The number of nitrogens with zero attached hydrogens (tertiary/aromatic N) is 2. The third-order valence-corrected chi connectivity index (χ3v) is 7.02. The van der Waals surface area contributed by atoms with Gasteiger partial charge in [-0.2, -0.15) is 5.10 Å². The minimum atomic E-state index is -0.232. The summed E-state index contributed by atoms with van der Waals surface area (Å²) in [7, 11) is 0. The maximum Gasteiger partial charge on any atom is 0.311 e. The largest absolute Gasteiger partial charge is 0.466 e. The molecule has 0 spiro atoms. The van der Waals surface area contributed by atoms with Gasteiger partial charge in [-0.1, -0.05) is 32.1 Å². The van der Waals surface area contributed by atoms with Crippen molar-refractivity contribution >= 4 is 11.9 Å². The number of amides is 1. The normalized spacial score (nSPS) is 25.3. The lowest BCUT2D eigenvalue weighted by molar-refractivity contribution is -0.150. The molecule has 0 radical (unpaired) electrons. The van der Waals surface area contributed by atoms with E-state index in [0.717, 1.165) is 50.5 Å². The molecule has 6 heteroatoms. The number of carbonyl (C=O) groups is 2. The van der Waals surface area contributed by atoms with Gasteiger partial charge in [0.25, 0.3) is 5.91 Å². The van der Waals surface area contributed by atoms with Crippen LogP contribution in [0.5, 0.6) is 0 Å². The SMILES string of the molecule is CCOC(=O)[C@@H]1CCCC[C@@H]1NC(=O)c1nn(C2CCCCC2)c2c1CCCC2. The fraction of sp³-hybridized carbons (Fsp3) is 0.783. The van der Waals surface area contributed by atoms with Crippen LogP contribution in [-0.4, -0.2) is 34.3 Å². The fourth-order valence-corrected chi connectivity index (χ4v) is 5.51. The maximum absolute atomic E-state index is 13.3. The predicted octanol–water partition coefficient (Wildman–Crippen LogP) is 4.12. The summed E-state index contributed by atoms with van der Waals surface area (Å²) < 4.78 is 7.46. The molecule has 160 valence electrons. The Morgan fingerprint density at radius 1 is 1.00 bits per heavy atom. The molecule has 2 saturated carbocycles. The van der Waals surface area contributed by atoms with Gasteiger partial charge in [0.05, 0.1) is 18.6 Å². The van der Waals surface area contributed by atoms with E-state index in [1.807, 2.05) is 6.92 Å². The highest BCUT2D eigenvalue weighted by Crippen LogP contribution is 2.34. The van der Waals surface area contributed by atoms with E-state index in [9.17, 15) is 9.59 Å². The molecule has 1 heterocycles. The predicted molar refractivity (Wildman–Crippen MR) is 111 cm³/mol. The molecule has 29 heavy (non-hydrogen) atoms. The van der Waals surface area contributed by atoms with E-state index in [0.29, 0.717) is 18.3 Å². The smallest absolute Gasteiger partial charge is 0.311 e. The van der Waals surface area contributed by atoms with Crippen molar-refractivity contribution in [3.05, 3.63) is 17.0 Å². The van der Waals surface area contributed by atoms with Crippen molar-refractivity contribution in [2.75, 3.05) is 6.61 Å². The van der Waals surface area contributed by atoms with Gasteiger partial charge in [-0.05, 0) is 58.3 Å². The molecule has 3 aliphatic rings. The van der Waals surface area contributed by atoms with Crippen LogP contribution in [0.25, 0.3) is 0 Å². The summed E-state index contributed by atoms with van der Waals surface area (Å²) in [4.78, 5) is 25.6. The quantitative estimate of drug-likeness (QED) is 0.753. The summed E-state index contributed by atoms with van der Waals surface area (Å²) in [6, 6.07) is 0.300. The Balaban J connectivity index is 1.54. The third-order valence-electron chi connectivity index (χ3n) is 7.02. The van der Waals surface area contributed by atoms with Crippen LogP contribution in [0.15, 0.2) is 0 Å². The van der Waals surface area contributed by atoms with Crippen molar-refractivity contribution in [2.24, 2.45) is 5.92 Å². The van der Waals surface area contributed by atoms with Crippen LogP contribution < -0.4 is 5.32 Å². The molecule has 0 bridgehead atoms. The molecular formula is C23H35N3O3. The van der Waals surface area contributed by atoms with Crippen molar-refractivity contribution in [2.45, 2.75) is 102 Å². The molecule has 0 aliphatic heterocycles. The summed E-state index contributed by atoms with van der Waals surface area (Å²) in [6.07, 6.45) is 14.1. The zero-order valence-corrected chi connectivity index (χ0v) is 17.8. The van der Waals surface area contributed by atoms with E-state index >= 15 is 0 Å². The van der Waals surface area contributed by atoms with Gasteiger partial charge in [0, 0.05) is 17.3 Å². The van der Waals surface area contributed by atoms with Gasteiger partial charge in [0.15, 0.2) is 5.69 Å². The molecule has 1 aromatic heterocycles. The van der Waals surface area contributed by atoms with Crippen molar-refractivity contribution in [1.82, 2.24) is 15.1 Å². The minimum absolute atomic E-state index is 0.0982. The van der Waals surface area contributed by atoms with Crippen molar-refractivity contribution < 1.29 is 14.3 Å². The van der Waals surface area contributed by atoms with Crippen LogP contribution in [-0.2, 0) is 22.4 Å². The van der Waals surface area contributed by atoms with Gasteiger partial charge >= 0.3 is 5.97 Å². The van der Waals surface area contributed by atoms with E-state index in [1.54, 1.807) is 0 Å². The van der Waals surface area contributed by atoms with Crippen LogP contribution in [0.4, 0.5) is 0 Å². The first-order chi connectivity index (χ1) is 14.2. The number of ether oxygens (including phenoxy) is 1. The number of aromatic nitrogens is 2. The highest BCUT2D eigenvalue weighted by atomic mass is 16.5. The molecule has 1 aromatic rings. The second-order valence-corrected chi connectivity index (χ2v) is 8.94. The molecule has 1 N–H and O–H groups in total. The number of nitrogens with one attached hydrogen (secondary N) is 1. The third kappa shape index (κ3) is 4.36. The second-order valence-electron chi connectivity index (χ2n) is 8.94. The average molecular weight is 402 g/mol. The lowest BCUT2D eigenvalue weighted by Crippen LogP contribution is -2.46. The van der Waals surface area contributed by atoms with Crippen molar-refractivity contribution in [1.29, 1.82) is 0 Å². The minimum Gasteiger partial charge on any atom is -0.466 e. The Morgan fingerprint density at radius 2 is 1.72 bits per heavy atom. The van der Waals surface area contributed by atoms with Crippen molar-refractivity contribution in [3.63, 3.8) is 0 Å². The first kappa shape index (κ1) is 20.4. The van der Waals surface area contributed by atoms with E-state index in [-0.39, 0.29) is 23.8 Å². The highest BCUT2D eigenvalue weighted by Gasteiger charge is 2.35. The number of rotatable bonds is 5. The molecule has 0 aromatic carbocycles. The number of hydrogen-bond acceptors (Lipinski definition) is 4. The summed E-state index contributed by atoms with van der Waals surface area (Å²) in [5, 5.41) is 8.05.